The van der Waals surface area contributed by atoms with Gasteiger partial charge in [-0.3, -0.25) is 9.59 Å². The van der Waals surface area contributed by atoms with Crippen LogP contribution in [0.5, 0.6) is 0 Å². The van der Waals surface area contributed by atoms with E-state index >= 15 is 0 Å². The summed E-state index contributed by atoms with van der Waals surface area (Å²) in [5.41, 5.74) is 0.649. The standard InChI is InChI=1S/C16H17Cl2NO2/c17-13-5-4-12(8-14(13)18)19-16(21)11-6-9-2-1-3-10(7-11)15(9)20/h4-5,8-11H,1-3,6-7H2,(H,19,21). The van der Waals surface area contributed by atoms with Crippen LogP contribution in [0.3, 0.4) is 0 Å². The number of halogens is 2. The lowest BCUT2D eigenvalue weighted by atomic mass is 9.67. The lowest BCUT2D eigenvalue weighted by molar-refractivity contribution is -0.136. The van der Waals surface area contributed by atoms with Crippen LogP contribution in [0.4, 0.5) is 5.69 Å². The van der Waals surface area contributed by atoms with Gasteiger partial charge in [0.2, 0.25) is 5.91 Å². The highest BCUT2D eigenvalue weighted by Gasteiger charge is 2.41. The maximum absolute atomic E-state index is 12.4. The Morgan fingerprint density at radius 3 is 2.38 bits per heavy atom. The summed E-state index contributed by atoms with van der Waals surface area (Å²) in [6.07, 6.45) is 4.35. The maximum Gasteiger partial charge on any atom is 0.227 e. The first-order valence-electron chi connectivity index (χ1n) is 7.34. The number of fused-ring (bicyclic) bond motifs is 2. The molecule has 0 saturated heterocycles. The molecule has 1 aromatic rings. The van der Waals surface area contributed by atoms with Crippen molar-refractivity contribution in [1.82, 2.24) is 0 Å². The van der Waals surface area contributed by atoms with E-state index in [1.54, 1.807) is 18.2 Å². The molecule has 2 aliphatic carbocycles. The van der Waals surface area contributed by atoms with Gasteiger partial charge in [-0.25, -0.2) is 0 Å². The molecule has 0 radical (unpaired) electrons. The summed E-state index contributed by atoms with van der Waals surface area (Å²) >= 11 is 11.8. The minimum absolute atomic E-state index is 0.0159. The summed E-state index contributed by atoms with van der Waals surface area (Å²) < 4.78 is 0. The topological polar surface area (TPSA) is 46.2 Å². The van der Waals surface area contributed by atoms with Crippen LogP contribution in [0.15, 0.2) is 18.2 Å². The first kappa shape index (κ1) is 14.9. The molecule has 2 atom stereocenters. The van der Waals surface area contributed by atoms with Gasteiger partial charge in [0.25, 0.3) is 0 Å². The zero-order valence-corrected chi connectivity index (χ0v) is 13.1. The number of carbonyl (C=O) groups excluding carboxylic acids is 2. The Morgan fingerprint density at radius 2 is 1.76 bits per heavy atom. The summed E-state index contributed by atoms with van der Waals surface area (Å²) in [6.45, 7) is 0. The monoisotopic (exact) mass is 325 g/mol. The number of hydrogen-bond donors (Lipinski definition) is 1. The highest BCUT2D eigenvalue weighted by atomic mass is 35.5. The fourth-order valence-electron chi connectivity index (χ4n) is 3.51. The van der Waals surface area contributed by atoms with Crippen molar-refractivity contribution in [2.24, 2.45) is 17.8 Å². The fraction of sp³-hybridized carbons (Fsp3) is 0.500. The zero-order valence-electron chi connectivity index (χ0n) is 11.6. The van der Waals surface area contributed by atoms with E-state index in [-0.39, 0.29) is 23.7 Å². The average Bonchev–Trinajstić information content (AvgIpc) is 2.42. The van der Waals surface area contributed by atoms with Crippen molar-refractivity contribution in [2.75, 3.05) is 5.32 Å². The summed E-state index contributed by atoms with van der Waals surface area (Å²) in [7, 11) is 0. The van der Waals surface area contributed by atoms with Gasteiger partial charge in [0, 0.05) is 23.4 Å². The molecule has 0 aliphatic heterocycles. The third-order valence-electron chi connectivity index (χ3n) is 4.61. The van der Waals surface area contributed by atoms with Gasteiger partial charge in [0.15, 0.2) is 0 Å². The first-order valence-corrected chi connectivity index (χ1v) is 8.10. The molecule has 5 heteroatoms. The number of Topliss-reactive ketones (excluding diaryl/α,β-unsaturated/α-hetero) is 1. The third-order valence-corrected chi connectivity index (χ3v) is 5.34. The predicted molar refractivity (Wildman–Crippen MR) is 83.7 cm³/mol. The molecule has 1 N–H and O–H groups in total. The van der Waals surface area contributed by atoms with Crippen molar-refractivity contribution in [3.05, 3.63) is 28.2 Å². The number of hydrogen-bond acceptors (Lipinski definition) is 2. The quantitative estimate of drug-likeness (QED) is 0.879. The normalized spacial score (nSPS) is 28.3. The van der Waals surface area contributed by atoms with Crippen LogP contribution in [0.25, 0.3) is 0 Å². The van der Waals surface area contributed by atoms with Gasteiger partial charge < -0.3 is 5.32 Å². The Hall–Kier alpha value is -1.06. The van der Waals surface area contributed by atoms with Gasteiger partial charge in [0.1, 0.15) is 5.78 Å². The number of benzene rings is 1. The minimum Gasteiger partial charge on any atom is -0.326 e. The van der Waals surface area contributed by atoms with Crippen molar-refractivity contribution in [3.63, 3.8) is 0 Å². The van der Waals surface area contributed by atoms with Crippen LogP contribution in [0.1, 0.15) is 32.1 Å². The molecule has 2 fully saturated rings. The van der Waals surface area contributed by atoms with Crippen LogP contribution < -0.4 is 5.32 Å². The van der Waals surface area contributed by atoms with Gasteiger partial charge in [0.05, 0.1) is 10.0 Å². The SMILES string of the molecule is O=C(Nc1ccc(Cl)c(Cl)c1)C1CC2CCCC(C1)C2=O. The predicted octanol–water partition coefficient (Wildman–Crippen LogP) is 4.33. The van der Waals surface area contributed by atoms with Crippen LogP contribution in [-0.2, 0) is 9.59 Å². The second-order valence-corrected chi connectivity index (χ2v) is 6.83. The Kier molecular flexibility index (Phi) is 4.23. The molecule has 1 aromatic carbocycles. The van der Waals surface area contributed by atoms with E-state index in [0.717, 1.165) is 19.3 Å². The maximum atomic E-state index is 12.4. The van der Waals surface area contributed by atoms with E-state index in [1.165, 1.54) is 0 Å². The molecule has 2 saturated carbocycles. The molecule has 0 aromatic heterocycles. The Morgan fingerprint density at radius 1 is 1.10 bits per heavy atom. The summed E-state index contributed by atoms with van der Waals surface area (Å²) in [4.78, 5) is 24.5. The summed E-state index contributed by atoms with van der Waals surface area (Å²) in [6, 6.07) is 5.05. The van der Waals surface area contributed by atoms with Crippen molar-refractivity contribution >= 4 is 40.6 Å². The van der Waals surface area contributed by atoms with E-state index in [2.05, 4.69) is 5.32 Å². The fourth-order valence-corrected chi connectivity index (χ4v) is 3.81. The van der Waals surface area contributed by atoms with Crippen molar-refractivity contribution in [2.45, 2.75) is 32.1 Å². The van der Waals surface area contributed by atoms with E-state index in [0.29, 0.717) is 34.4 Å². The molecule has 3 nitrogen and oxygen atoms in total. The van der Waals surface area contributed by atoms with E-state index < -0.39 is 0 Å². The van der Waals surface area contributed by atoms with Gasteiger partial charge in [-0.05, 0) is 43.9 Å². The molecular formula is C16H17Cl2NO2. The Balaban J connectivity index is 1.68. The number of carbonyl (C=O) groups is 2. The van der Waals surface area contributed by atoms with E-state index in [1.807, 2.05) is 0 Å². The molecule has 2 bridgehead atoms. The van der Waals surface area contributed by atoms with Crippen molar-refractivity contribution < 1.29 is 9.59 Å². The molecule has 3 rings (SSSR count). The van der Waals surface area contributed by atoms with E-state index in [4.69, 9.17) is 23.2 Å². The lowest BCUT2D eigenvalue weighted by Crippen LogP contribution is -2.40. The molecule has 112 valence electrons. The Bertz CT molecular complexity index is 572. The second kappa shape index (κ2) is 5.98. The number of anilines is 1. The second-order valence-electron chi connectivity index (χ2n) is 6.01. The zero-order chi connectivity index (χ0) is 15.0. The van der Waals surface area contributed by atoms with Crippen molar-refractivity contribution in [1.29, 1.82) is 0 Å². The summed E-state index contributed by atoms with van der Waals surface area (Å²) in [5.74, 6) is 0.453. The van der Waals surface area contributed by atoms with Crippen LogP contribution in [0, 0.1) is 17.8 Å². The largest absolute Gasteiger partial charge is 0.326 e. The number of amides is 1. The van der Waals surface area contributed by atoms with E-state index in [9.17, 15) is 9.59 Å². The van der Waals surface area contributed by atoms with Gasteiger partial charge >= 0.3 is 0 Å². The van der Waals surface area contributed by atoms with Crippen LogP contribution in [-0.4, -0.2) is 11.7 Å². The molecule has 0 heterocycles. The van der Waals surface area contributed by atoms with Crippen LogP contribution in [0.2, 0.25) is 10.0 Å². The first-order chi connectivity index (χ1) is 10.0. The smallest absolute Gasteiger partial charge is 0.227 e. The highest BCUT2D eigenvalue weighted by molar-refractivity contribution is 6.42. The number of rotatable bonds is 2. The molecular weight excluding hydrogens is 309 g/mol. The van der Waals surface area contributed by atoms with Crippen LogP contribution >= 0.6 is 23.2 Å². The lowest BCUT2D eigenvalue weighted by Gasteiger charge is -2.36. The van der Waals surface area contributed by atoms with Gasteiger partial charge in [-0.1, -0.05) is 29.6 Å². The third kappa shape index (κ3) is 3.09. The minimum atomic E-state index is -0.0764. The highest BCUT2D eigenvalue weighted by Crippen LogP contribution is 2.40. The molecule has 2 aliphatic rings. The average molecular weight is 326 g/mol. The molecule has 2 unspecified atom stereocenters. The van der Waals surface area contributed by atoms with Gasteiger partial charge in [-0.2, -0.15) is 0 Å². The molecule has 0 spiro atoms. The molecule has 21 heavy (non-hydrogen) atoms. The summed E-state index contributed by atoms with van der Waals surface area (Å²) in [5, 5.41) is 3.78. The van der Waals surface area contributed by atoms with Crippen molar-refractivity contribution in [3.8, 4) is 0 Å². The number of ketones is 1. The number of nitrogens with one attached hydrogen (secondary N) is 1. The van der Waals surface area contributed by atoms with Gasteiger partial charge in [-0.15, -0.1) is 0 Å². The Labute approximate surface area is 134 Å². The molecule has 1 amide bonds.